The summed E-state index contributed by atoms with van der Waals surface area (Å²) in [5.74, 6) is 2.03. The Morgan fingerprint density at radius 3 is 2.36 bits per heavy atom. The molecule has 0 saturated carbocycles. The van der Waals surface area contributed by atoms with Crippen molar-refractivity contribution in [2.75, 3.05) is 50.7 Å². The first-order valence-corrected chi connectivity index (χ1v) is 9.85. The van der Waals surface area contributed by atoms with Crippen LogP contribution in [-0.4, -0.2) is 55.7 Å². The van der Waals surface area contributed by atoms with Gasteiger partial charge in [0.2, 0.25) is 0 Å². The Morgan fingerprint density at radius 2 is 1.72 bits per heavy atom. The van der Waals surface area contributed by atoms with Crippen molar-refractivity contribution in [1.82, 2.24) is 9.88 Å². The van der Waals surface area contributed by atoms with E-state index in [1.807, 2.05) is 12.3 Å². The van der Waals surface area contributed by atoms with Crippen molar-refractivity contribution in [2.45, 2.75) is 38.5 Å². The molecule has 135 valence electrons. The molecule has 3 saturated heterocycles. The second kappa shape index (κ2) is 9.26. The third-order valence-electron chi connectivity index (χ3n) is 6.62. The molecule has 4 nitrogen and oxygen atoms in total. The average Bonchev–Trinajstić information content (AvgIpc) is 2.66. The van der Waals surface area contributed by atoms with Gasteiger partial charge < -0.3 is 15.1 Å². The Kier molecular flexibility index (Phi) is 7.30. The quantitative estimate of drug-likeness (QED) is 0.756. The molecule has 1 aromatic rings. The van der Waals surface area contributed by atoms with Crippen LogP contribution in [0.4, 0.5) is 5.82 Å². The normalized spacial score (nSPS) is 24.9. The van der Waals surface area contributed by atoms with Crippen LogP contribution in [0.25, 0.3) is 5.32 Å². The van der Waals surface area contributed by atoms with Crippen LogP contribution in [-0.2, 0) is 32.7 Å². The summed E-state index contributed by atoms with van der Waals surface area (Å²) < 4.78 is 0. The Labute approximate surface area is 178 Å². The number of piperidine rings is 3. The number of anilines is 1. The van der Waals surface area contributed by atoms with Gasteiger partial charge in [-0.3, -0.25) is 0 Å². The van der Waals surface area contributed by atoms with Crippen LogP contribution in [0.15, 0.2) is 24.4 Å². The fourth-order valence-corrected chi connectivity index (χ4v) is 4.83. The molecule has 5 heteroatoms. The first-order chi connectivity index (χ1) is 11.8. The van der Waals surface area contributed by atoms with Gasteiger partial charge in [0, 0.05) is 58.5 Å². The van der Waals surface area contributed by atoms with Crippen LogP contribution in [0.2, 0.25) is 0 Å². The van der Waals surface area contributed by atoms with Crippen LogP contribution in [0.5, 0.6) is 0 Å². The predicted octanol–water partition coefficient (Wildman–Crippen LogP) is 3.55. The average molecular weight is 416 g/mol. The second-order valence-corrected chi connectivity index (χ2v) is 8.09. The summed E-state index contributed by atoms with van der Waals surface area (Å²) in [6.07, 6.45) is 10.1. The zero-order valence-electron chi connectivity index (χ0n) is 15.4. The van der Waals surface area contributed by atoms with Gasteiger partial charge >= 0.3 is 0 Å². The molecule has 3 aliphatic rings. The smallest absolute Gasteiger partial charge is 0.128 e. The van der Waals surface area contributed by atoms with Crippen LogP contribution in [0.3, 0.4) is 0 Å². The summed E-state index contributed by atoms with van der Waals surface area (Å²) in [6, 6.07) is 6.23. The van der Waals surface area contributed by atoms with Crippen LogP contribution in [0.1, 0.15) is 38.5 Å². The maximum Gasteiger partial charge on any atom is 0.128 e. The van der Waals surface area contributed by atoms with Gasteiger partial charge in [-0.25, -0.2) is 4.98 Å². The Hall–Kier alpha value is -0.0261. The molecule has 0 aromatic carbocycles. The summed E-state index contributed by atoms with van der Waals surface area (Å²) in [5.41, 5.74) is 0.653. The SMILES string of the molecule is [Y].c1ccc(N2CCC(CN3CCC4(CC[N-]CC4)CC3)CC2)nc1. The number of likely N-dealkylation sites (tertiary alicyclic amines) is 1. The third-order valence-corrected chi connectivity index (χ3v) is 6.62. The molecule has 4 rings (SSSR count). The Morgan fingerprint density at radius 1 is 1.00 bits per heavy atom. The largest absolute Gasteiger partial charge is 0.662 e. The minimum absolute atomic E-state index is 0. The molecular weight excluding hydrogens is 385 g/mol. The van der Waals surface area contributed by atoms with Crippen LogP contribution < -0.4 is 4.90 Å². The van der Waals surface area contributed by atoms with Gasteiger partial charge in [0.15, 0.2) is 0 Å². The monoisotopic (exact) mass is 416 g/mol. The Balaban J connectivity index is 0.00000182. The van der Waals surface area contributed by atoms with Crippen LogP contribution in [0, 0.1) is 11.3 Å². The molecule has 1 spiro atoms. The van der Waals surface area contributed by atoms with E-state index in [-0.39, 0.29) is 32.7 Å². The fourth-order valence-electron chi connectivity index (χ4n) is 4.83. The molecule has 0 atom stereocenters. The molecule has 0 bridgehead atoms. The molecule has 1 aromatic heterocycles. The van der Waals surface area contributed by atoms with E-state index in [1.165, 1.54) is 71.2 Å². The van der Waals surface area contributed by atoms with Crippen molar-refractivity contribution in [3.63, 3.8) is 0 Å². The molecule has 3 aliphatic heterocycles. The number of aromatic nitrogens is 1. The first-order valence-electron chi connectivity index (χ1n) is 9.85. The van der Waals surface area contributed by atoms with Gasteiger partial charge in [-0.2, -0.15) is 0 Å². The van der Waals surface area contributed by atoms with Gasteiger partial charge in [0.25, 0.3) is 0 Å². The summed E-state index contributed by atoms with van der Waals surface area (Å²) >= 11 is 0. The fraction of sp³-hybridized carbons (Fsp3) is 0.750. The number of pyridine rings is 1. The minimum atomic E-state index is 0. The standard InChI is InChI=1S/C20H31N4.Y/c1-2-10-22-19(3-1)24-13-4-18(5-14-24)17-23-15-8-20(9-16-23)6-11-21-12-7-20;/h1-3,10,18H,4-9,11-17H2;/q-1;. The predicted molar refractivity (Wildman–Crippen MR) is 99.6 cm³/mol. The second-order valence-electron chi connectivity index (χ2n) is 8.09. The molecule has 1 radical (unpaired) electrons. The molecule has 3 fully saturated rings. The molecule has 0 amide bonds. The summed E-state index contributed by atoms with van der Waals surface area (Å²) in [7, 11) is 0. The number of hydrogen-bond donors (Lipinski definition) is 0. The van der Waals surface area contributed by atoms with Gasteiger partial charge in [-0.1, -0.05) is 18.9 Å². The van der Waals surface area contributed by atoms with Gasteiger partial charge in [-0.05, 0) is 62.2 Å². The molecular formula is C20H31N4Y-. The Bertz CT molecular complexity index is 500. The summed E-state index contributed by atoms with van der Waals surface area (Å²) in [5, 5.41) is 4.55. The van der Waals surface area contributed by atoms with E-state index in [9.17, 15) is 0 Å². The van der Waals surface area contributed by atoms with E-state index < -0.39 is 0 Å². The van der Waals surface area contributed by atoms with Gasteiger partial charge in [-0.15, -0.1) is 13.1 Å². The van der Waals surface area contributed by atoms with Gasteiger partial charge in [0.05, 0.1) is 0 Å². The van der Waals surface area contributed by atoms with E-state index in [0.717, 1.165) is 24.8 Å². The first kappa shape index (κ1) is 19.7. The summed E-state index contributed by atoms with van der Waals surface area (Å²) in [6.45, 7) is 8.53. The van der Waals surface area contributed by atoms with Crippen molar-refractivity contribution in [3.8, 4) is 0 Å². The number of hydrogen-bond acceptors (Lipinski definition) is 3. The summed E-state index contributed by atoms with van der Waals surface area (Å²) in [4.78, 5) is 9.70. The molecule has 0 N–H and O–H groups in total. The molecule has 4 heterocycles. The maximum absolute atomic E-state index is 4.55. The van der Waals surface area contributed by atoms with E-state index in [4.69, 9.17) is 0 Å². The molecule has 0 unspecified atom stereocenters. The minimum Gasteiger partial charge on any atom is -0.662 e. The zero-order chi connectivity index (χ0) is 16.2. The van der Waals surface area contributed by atoms with E-state index in [1.54, 1.807) is 0 Å². The maximum atomic E-state index is 4.55. The van der Waals surface area contributed by atoms with Crippen molar-refractivity contribution >= 4 is 5.82 Å². The molecule has 0 aliphatic carbocycles. The zero-order valence-corrected chi connectivity index (χ0v) is 18.3. The van der Waals surface area contributed by atoms with E-state index >= 15 is 0 Å². The van der Waals surface area contributed by atoms with Crippen molar-refractivity contribution in [1.29, 1.82) is 0 Å². The number of rotatable bonds is 3. The van der Waals surface area contributed by atoms with Crippen LogP contribution >= 0.6 is 0 Å². The van der Waals surface area contributed by atoms with E-state index in [0.29, 0.717) is 5.41 Å². The van der Waals surface area contributed by atoms with Crippen molar-refractivity contribution in [2.24, 2.45) is 11.3 Å². The van der Waals surface area contributed by atoms with E-state index in [2.05, 4.69) is 32.2 Å². The molecule has 25 heavy (non-hydrogen) atoms. The van der Waals surface area contributed by atoms with Gasteiger partial charge in [0.1, 0.15) is 5.82 Å². The van der Waals surface area contributed by atoms with Crippen molar-refractivity contribution in [3.05, 3.63) is 29.7 Å². The van der Waals surface area contributed by atoms with Crippen molar-refractivity contribution < 1.29 is 32.7 Å². The third kappa shape index (κ3) is 5.03. The topological polar surface area (TPSA) is 33.5 Å². The number of nitrogens with zero attached hydrogens (tertiary/aromatic N) is 4.